The number of hydrogen-bond donors (Lipinski definition) is 2. The van der Waals surface area contributed by atoms with Gasteiger partial charge in [-0.25, -0.2) is 4.98 Å². The Labute approximate surface area is 121 Å². The van der Waals surface area contributed by atoms with E-state index in [2.05, 4.69) is 15.5 Å². The fourth-order valence-corrected chi connectivity index (χ4v) is 2.53. The monoisotopic (exact) mass is 289 g/mol. The number of amides is 1. The first-order valence-corrected chi connectivity index (χ1v) is 6.92. The Hall–Kier alpha value is -2.21. The van der Waals surface area contributed by atoms with Gasteiger partial charge in [-0.3, -0.25) is 10.1 Å². The first-order valence-electron chi connectivity index (χ1n) is 6.04. The van der Waals surface area contributed by atoms with Gasteiger partial charge >= 0.3 is 0 Å². The predicted octanol–water partition coefficient (Wildman–Crippen LogP) is 3.21. The molecule has 0 spiro atoms. The highest BCUT2D eigenvalue weighted by molar-refractivity contribution is 7.14. The van der Waals surface area contributed by atoms with Gasteiger partial charge in [-0.2, -0.15) is 0 Å². The highest BCUT2D eigenvalue weighted by Gasteiger charge is 2.12. The molecule has 0 atom stereocenters. The van der Waals surface area contributed by atoms with E-state index >= 15 is 0 Å². The van der Waals surface area contributed by atoms with Gasteiger partial charge in [0, 0.05) is 10.9 Å². The minimum atomic E-state index is -0.193. The lowest BCUT2D eigenvalue weighted by molar-refractivity contribution is 0.102. The molecule has 0 radical (unpaired) electrons. The van der Waals surface area contributed by atoms with Crippen LogP contribution in [0.15, 0.2) is 28.7 Å². The van der Waals surface area contributed by atoms with Crippen LogP contribution in [0.4, 0.5) is 5.13 Å². The zero-order valence-corrected chi connectivity index (χ0v) is 12.3. The summed E-state index contributed by atoms with van der Waals surface area (Å²) >= 11 is 1.29. The van der Waals surface area contributed by atoms with Crippen LogP contribution < -0.4 is 5.32 Å². The number of carbonyl (C=O) groups excluding carboxylic acids is 1. The predicted molar refractivity (Wildman–Crippen MR) is 80.0 cm³/mol. The van der Waals surface area contributed by atoms with E-state index in [1.807, 2.05) is 26.0 Å². The van der Waals surface area contributed by atoms with Crippen molar-refractivity contribution in [1.82, 2.24) is 4.98 Å². The molecule has 0 fully saturated rings. The van der Waals surface area contributed by atoms with Crippen LogP contribution in [0.1, 0.15) is 34.1 Å². The van der Waals surface area contributed by atoms with Crippen molar-refractivity contribution < 1.29 is 10.0 Å². The third kappa shape index (κ3) is 3.03. The summed E-state index contributed by atoms with van der Waals surface area (Å²) in [6.45, 7) is 5.53. The normalized spacial score (nSPS) is 11.4. The molecule has 1 heterocycles. The van der Waals surface area contributed by atoms with Gasteiger partial charge in [-0.1, -0.05) is 22.9 Å². The zero-order chi connectivity index (χ0) is 14.7. The Morgan fingerprint density at radius 3 is 2.80 bits per heavy atom. The molecule has 2 N–H and O–H groups in total. The molecular weight excluding hydrogens is 274 g/mol. The van der Waals surface area contributed by atoms with Gasteiger partial charge in [0.2, 0.25) is 0 Å². The molecule has 2 aromatic rings. The Balaban J connectivity index is 2.17. The third-order valence-corrected chi connectivity index (χ3v) is 3.63. The lowest BCUT2D eigenvalue weighted by atomic mass is 10.1. The number of oxime groups is 1. The maximum Gasteiger partial charge on any atom is 0.257 e. The highest BCUT2D eigenvalue weighted by atomic mass is 32.1. The second-order valence-corrected chi connectivity index (χ2v) is 5.35. The Bertz CT molecular complexity index is 677. The average molecular weight is 289 g/mol. The summed E-state index contributed by atoms with van der Waals surface area (Å²) in [5, 5.41) is 16.7. The highest BCUT2D eigenvalue weighted by Crippen LogP contribution is 2.18. The second-order valence-electron chi connectivity index (χ2n) is 4.50. The number of rotatable bonds is 3. The summed E-state index contributed by atoms with van der Waals surface area (Å²) in [5.41, 5.74) is 3.62. The molecule has 0 saturated carbocycles. The molecule has 1 aromatic carbocycles. The molecule has 0 aliphatic heterocycles. The van der Waals surface area contributed by atoms with Crippen LogP contribution in [0, 0.1) is 13.8 Å². The summed E-state index contributed by atoms with van der Waals surface area (Å²) in [7, 11) is 0. The van der Waals surface area contributed by atoms with E-state index < -0.39 is 0 Å². The minimum Gasteiger partial charge on any atom is -0.411 e. The minimum absolute atomic E-state index is 0.193. The standard InChI is InChI=1S/C14H15N3O2S/c1-8-4-5-11(9(2)6-8)13(18)16-14-15-12(7-20-14)10(3)17-19/h4-7,19H,1-3H3,(H,15,16,18). The summed E-state index contributed by atoms with van der Waals surface area (Å²) in [6.07, 6.45) is 0. The number of thiazole rings is 1. The topological polar surface area (TPSA) is 74.6 Å². The van der Waals surface area contributed by atoms with Gasteiger partial charge in [0.05, 0.1) is 0 Å². The first-order chi connectivity index (χ1) is 9.51. The summed E-state index contributed by atoms with van der Waals surface area (Å²) in [6, 6.07) is 5.66. The van der Waals surface area contributed by atoms with Crippen LogP contribution in [0.5, 0.6) is 0 Å². The molecule has 0 aliphatic rings. The molecule has 1 amide bonds. The third-order valence-electron chi connectivity index (χ3n) is 2.87. The van der Waals surface area contributed by atoms with Gasteiger partial charge in [0.1, 0.15) is 11.4 Å². The Morgan fingerprint density at radius 1 is 1.40 bits per heavy atom. The largest absolute Gasteiger partial charge is 0.411 e. The van der Waals surface area contributed by atoms with Crippen molar-refractivity contribution in [3.05, 3.63) is 46.0 Å². The molecule has 20 heavy (non-hydrogen) atoms. The van der Waals surface area contributed by atoms with E-state index in [1.54, 1.807) is 18.4 Å². The quantitative estimate of drug-likeness (QED) is 0.517. The summed E-state index contributed by atoms with van der Waals surface area (Å²) in [5.74, 6) is -0.193. The van der Waals surface area contributed by atoms with Crippen molar-refractivity contribution in [2.75, 3.05) is 5.32 Å². The molecule has 104 valence electrons. The molecule has 5 nitrogen and oxygen atoms in total. The van der Waals surface area contributed by atoms with Crippen LogP contribution >= 0.6 is 11.3 Å². The first kappa shape index (κ1) is 14.2. The Morgan fingerprint density at radius 2 is 2.15 bits per heavy atom. The average Bonchev–Trinajstić information content (AvgIpc) is 2.86. The maximum absolute atomic E-state index is 12.2. The SMILES string of the molecule is CC(=NO)c1csc(NC(=O)c2ccc(C)cc2C)n1. The molecular formula is C14H15N3O2S. The van der Waals surface area contributed by atoms with Gasteiger partial charge in [0.15, 0.2) is 5.13 Å². The lowest BCUT2D eigenvalue weighted by Gasteiger charge is -2.06. The van der Waals surface area contributed by atoms with Crippen molar-refractivity contribution >= 4 is 28.1 Å². The number of anilines is 1. The molecule has 2 rings (SSSR count). The molecule has 0 aliphatic carbocycles. The van der Waals surface area contributed by atoms with Gasteiger partial charge in [0.25, 0.3) is 5.91 Å². The van der Waals surface area contributed by atoms with Crippen LogP contribution in [0.3, 0.4) is 0 Å². The zero-order valence-electron chi connectivity index (χ0n) is 11.5. The summed E-state index contributed by atoms with van der Waals surface area (Å²) in [4.78, 5) is 16.4. The smallest absolute Gasteiger partial charge is 0.257 e. The maximum atomic E-state index is 12.2. The van der Waals surface area contributed by atoms with Gasteiger partial charge < -0.3 is 5.21 Å². The van der Waals surface area contributed by atoms with Crippen LogP contribution in [0.2, 0.25) is 0 Å². The molecule has 0 bridgehead atoms. The van der Waals surface area contributed by atoms with Crippen LogP contribution in [-0.4, -0.2) is 21.8 Å². The van der Waals surface area contributed by atoms with Crippen molar-refractivity contribution in [3.8, 4) is 0 Å². The van der Waals surface area contributed by atoms with Gasteiger partial charge in [-0.15, -0.1) is 11.3 Å². The molecule has 0 unspecified atom stereocenters. The van der Waals surface area contributed by atoms with Crippen molar-refractivity contribution in [3.63, 3.8) is 0 Å². The van der Waals surface area contributed by atoms with Crippen molar-refractivity contribution in [2.24, 2.45) is 5.16 Å². The van der Waals surface area contributed by atoms with E-state index in [-0.39, 0.29) is 5.91 Å². The second kappa shape index (κ2) is 5.83. The fraction of sp³-hybridized carbons (Fsp3) is 0.214. The lowest BCUT2D eigenvalue weighted by Crippen LogP contribution is -2.13. The van der Waals surface area contributed by atoms with E-state index in [0.717, 1.165) is 11.1 Å². The number of nitrogens with zero attached hydrogens (tertiary/aromatic N) is 2. The number of carbonyl (C=O) groups is 1. The number of nitrogens with one attached hydrogen (secondary N) is 1. The summed E-state index contributed by atoms with van der Waals surface area (Å²) < 4.78 is 0. The number of aromatic nitrogens is 1. The van der Waals surface area contributed by atoms with E-state index in [0.29, 0.717) is 22.1 Å². The Kier molecular flexibility index (Phi) is 4.14. The molecule has 1 aromatic heterocycles. The van der Waals surface area contributed by atoms with Crippen molar-refractivity contribution in [1.29, 1.82) is 0 Å². The van der Waals surface area contributed by atoms with E-state index in [4.69, 9.17) is 5.21 Å². The van der Waals surface area contributed by atoms with E-state index in [1.165, 1.54) is 11.3 Å². The molecule has 6 heteroatoms. The van der Waals surface area contributed by atoms with Crippen LogP contribution in [0.25, 0.3) is 0 Å². The van der Waals surface area contributed by atoms with E-state index in [9.17, 15) is 4.79 Å². The number of hydrogen-bond acceptors (Lipinski definition) is 5. The number of benzene rings is 1. The number of aryl methyl sites for hydroxylation is 2. The fourth-order valence-electron chi connectivity index (χ4n) is 1.78. The molecule has 0 saturated heterocycles. The van der Waals surface area contributed by atoms with Crippen molar-refractivity contribution in [2.45, 2.75) is 20.8 Å². The van der Waals surface area contributed by atoms with Crippen LogP contribution in [-0.2, 0) is 0 Å². The van der Waals surface area contributed by atoms with Gasteiger partial charge in [-0.05, 0) is 32.4 Å².